The molecule has 0 fully saturated rings. The number of rotatable bonds is 6. The maximum atomic E-state index is 13.1. The first-order chi connectivity index (χ1) is 12.5. The zero-order valence-electron chi connectivity index (χ0n) is 15.2. The van der Waals surface area contributed by atoms with E-state index in [4.69, 9.17) is 9.47 Å². The first kappa shape index (κ1) is 18.0. The van der Waals surface area contributed by atoms with Gasteiger partial charge in [0.1, 0.15) is 11.4 Å². The number of H-pyrrole nitrogens is 1. The summed E-state index contributed by atoms with van der Waals surface area (Å²) >= 11 is 0. The number of nitrogens with one attached hydrogen (secondary N) is 1. The number of carbonyl (C=O) groups excluding carboxylic acids is 1. The van der Waals surface area contributed by atoms with E-state index in [1.807, 2.05) is 32.0 Å². The van der Waals surface area contributed by atoms with E-state index in [0.717, 1.165) is 18.4 Å². The highest BCUT2D eigenvalue weighted by atomic mass is 16.7. The van der Waals surface area contributed by atoms with Gasteiger partial charge in [0, 0.05) is 18.8 Å². The number of hydrogen-bond donors (Lipinski definition) is 1. The summed E-state index contributed by atoms with van der Waals surface area (Å²) in [5.74, 6) is 1.55. The Morgan fingerprint density at radius 1 is 1.27 bits per heavy atom. The van der Waals surface area contributed by atoms with Crippen molar-refractivity contribution in [2.75, 3.05) is 6.79 Å². The molecule has 0 bridgehead atoms. The van der Waals surface area contributed by atoms with Crippen LogP contribution in [0.5, 0.6) is 11.5 Å². The molecule has 0 saturated carbocycles. The van der Waals surface area contributed by atoms with Crippen LogP contribution in [0.3, 0.4) is 0 Å². The molecule has 0 aliphatic carbocycles. The quantitative estimate of drug-likeness (QED) is 0.859. The van der Waals surface area contributed by atoms with Gasteiger partial charge in [-0.2, -0.15) is 0 Å². The molecule has 26 heavy (non-hydrogen) atoms. The van der Waals surface area contributed by atoms with E-state index in [2.05, 4.69) is 9.97 Å². The molecule has 1 aliphatic heterocycles. The molecule has 7 heteroatoms. The first-order valence-corrected chi connectivity index (χ1v) is 8.78. The number of aromatic amines is 1. The number of amides is 1. The van der Waals surface area contributed by atoms with Crippen LogP contribution in [-0.4, -0.2) is 33.6 Å². The Morgan fingerprint density at radius 2 is 2.00 bits per heavy atom. The van der Waals surface area contributed by atoms with E-state index in [9.17, 15) is 9.59 Å². The number of aromatic nitrogens is 2. The van der Waals surface area contributed by atoms with Gasteiger partial charge >= 0.3 is 0 Å². The molecule has 1 aromatic carbocycles. The number of ether oxygens (including phenoxy) is 2. The number of carbonyl (C=O) groups is 1. The maximum absolute atomic E-state index is 13.1. The third-order valence-electron chi connectivity index (χ3n) is 4.59. The SMILES string of the molecule is CCC(CC)N(Cc1ccc2c(c1)OCO2)C(=O)c1cnc(C)[nH]c1=O. The molecule has 1 aliphatic rings. The standard InChI is InChI=1S/C19H23N3O4/c1-4-14(5-2)22(19(24)15-9-20-12(3)21-18(15)23)10-13-6-7-16-17(8-13)26-11-25-16/h6-9,14H,4-5,10-11H2,1-3H3,(H,20,21,23). The normalized spacial score (nSPS) is 12.5. The molecule has 0 unspecified atom stereocenters. The lowest BCUT2D eigenvalue weighted by Gasteiger charge is -2.30. The molecule has 1 amide bonds. The first-order valence-electron chi connectivity index (χ1n) is 8.78. The Bertz CT molecular complexity index is 858. The average Bonchev–Trinajstić information content (AvgIpc) is 3.09. The fourth-order valence-electron chi connectivity index (χ4n) is 3.12. The van der Waals surface area contributed by atoms with Crippen LogP contribution in [0.2, 0.25) is 0 Å². The highest BCUT2D eigenvalue weighted by Gasteiger charge is 2.26. The minimum absolute atomic E-state index is 0.0219. The molecule has 0 atom stereocenters. The second-order valence-electron chi connectivity index (χ2n) is 6.30. The van der Waals surface area contributed by atoms with E-state index in [-0.39, 0.29) is 24.3 Å². The van der Waals surface area contributed by atoms with Crippen molar-refractivity contribution in [1.29, 1.82) is 0 Å². The third-order valence-corrected chi connectivity index (χ3v) is 4.59. The number of aryl methyl sites for hydroxylation is 1. The van der Waals surface area contributed by atoms with Crippen LogP contribution in [0.1, 0.15) is 48.4 Å². The molecule has 0 radical (unpaired) electrons. The van der Waals surface area contributed by atoms with Crippen LogP contribution in [0.4, 0.5) is 0 Å². The predicted molar refractivity (Wildman–Crippen MR) is 96.4 cm³/mol. The Hall–Kier alpha value is -2.83. The summed E-state index contributed by atoms with van der Waals surface area (Å²) in [5, 5.41) is 0. The molecule has 0 spiro atoms. The molecule has 7 nitrogen and oxygen atoms in total. The van der Waals surface area contributed by atoms with E-state index < -0.39 is 5.56 Å². The lowest BCUT2D eigenvalue weighted by Crippen LogP contribution is -2.41. The van der Waals surface area contributed by atoms with Gasteiger partial charge in [-0.3, -0.25) is 9.59 Å². The lowest BCUT2D eigenvalue weighted by atomic mass is 10.1. The van der Waals surface area contributed by atoms with Crippen molar-refractivity contribution in [1.82, 2.24) is 14.9 Å². The average molecular weight is 357 g/mol. The van der Waals surface area contributed by atoms with Crippen LogP contribution < -0.4 is 15.0 Å². The molecule has 3 rings (SSSR count). The van der Waals surface area contributed by atoms with Crippen molar-refractivity contribution in [3.05, 3.63) is 51.7 Å². The van der Waals surface area contributed by atoms with Crippen molar-refractivity contribution in [2.45, 2.75) is 46.2 Å². The summed E-state index contributed by atoms with van der Waals surface area (Å²) in [5.41, 5.74) is 0.568. The lowest BCUT2D eigenvalue weighted by molar-refractivity contribution is 0.0647. The molecular weight excluding hydrogens is 334 g/mol. The Morgan fingerprint density at radius 3 is 2.69 bits per heavy atom. The van der Waals surface area contributed by atoms with E-state index in [0.29, 0.717) is 23.9 Å². The summed E-state index contributed by atoms with van der Waals surface area (Å²) in [7, 11) is 0. The summed E-state index contributed by atoms with van der Waals surface area (Å²) in [6.45, 7) is 6.34. The van der Waals surface area contributed by atoms with E-state index >= 15 is 0 Å². The van der Waals surface area contributed by atoms with Crippen LogP contribution in [0, 0.1) is 6.92 Å². The monoisotopic (exact) mass is 357 g/mol. The predicted octanol–water partition coefficient (Wildman–Crippen LogP) is 2.64. The van der Waals surface area contributed by atoms with E-state index in [1.54, 1.807) is 11.8 Å². The zero-order valence-corrected chi connectivity index (χ0v) is 15.2. The van der Waals surface area contributed by atoms with Gasteiger partial charge in [-0.15, -0.1) is 0 Å². The third kappa shape index (κ3) is 3.56. The summed E-state index contributed by atoms with van der Waals surface area (Å²) < 4.78 is 10.8. The second kappa shape index (κ2) is 7.59. The highest BCUT2D eigenvalue weighted by Crippen LogP contribution is 2.33. The Labute approximate surface area is 152 Å². The van der Waals surface area contributed by atoms with Gasteiger partial charge in [-0.05, 0) is 37.5 Å². The van der Waals surface area contributed by atoms with Gasteiger partial charge in [0.2, 0.25) is 6.79 Å². The Balaban J connectivity index is 1.92. The molecule has 2 heterocycles. The summed E-state index contributed by atoms with van der Waals surface area (Å²) in [6, 6.07) is 5.65. The number of hydrogen-bond acceptors (Lipinski definition) is 5. The number of fused-ring (bicyclic) bond motifs is 1. The zero-order chi connectivity index (χ0) is 18.7. The topological polar surface area (TPSA) is 84.5 Å². The van der Waals surface area contributed by atoms with Crippen molar-refractivity contribution in [3.63, 3.8) is 0 Å². The van der Waals surface area contributed by atoms with Crippen LogP contribution >= 0.6 is 0 Å². The van der Waals surface area contributed by atoms with Crippen molar-refractivity contribution in [3.8, 4) is 11.5 Å². The minimum atomic E-state index is -0.413. The Kier molecular flexibility index (Phi) is 5.25. The fourth-order valence-corrected chi connectivity index (χ4v) is 3.12. The molecular formula is C19H23N3O4. The minimum Gasteiger partial charge on any atom is -0.454 e. The van der Waals surface area contributed by atoms with Crippen molar-refractivity contribution < 1.29 is 14.3 Å². The highest BCUT2D eigenvalue weighted by molar-refractivity contribution is 5.93. The molecule has 2 aromatic rings. The fraction of sp³-hybridized carbons (Fsp3) is 0.421. The van der Waals surface area contributed by atoms with Gasteiger partial charge in [-0.25, -0.2) is 4.98 Å². The largest absolute Gasteiger partial charge is 0.454 e. The number of benzene rings is 1. The smallest absolute Gasteiger partial charge is 0.263 e. The molecule has 1 aromatic heterocycles. The summed E-state index contributed by atoms with van der Waals surface area (Å²) in [4.78, 5) is 33.7. The van der Waals surface area contributed by atoms with Crippen LogP contribution in [-0.2, 0) is 6.54 Å². The number of nitrogens with zero attached hydrogens (tertiary/aromatic N) is 2. The molecule has 138 valence electrons. The van der Waals surface area contributed by atoms with Crippen LogP contribution in [0.15, 0.2) is 29.2 Å². The molecule has 0 saturated heterocycles. The van der Waals surface area contributed by atoms with Gasteiger partial charge in [0.25, 0.3) is 11.5 Å². The van der Waals surface area contributed by atoms with Gasteiger partial charge < -0.3 is 19.4 Å². The van der Waals surface area contributed by atoms with E-state index in [1.165, 1.54) is 6.20 Å². The van der Waals surface area contributed by atoms with Gasteiger partial charge in [-0.1, -0.05) is 19.9 Å². The van der Waals surface area contributed by atoms with Gasteiger partial charge in [0.15, 0.2) is 11.5 Å². The summed E-state index contributed by atoms with van der Waals surface area (Å²) in [6.07, 6.45) is 2.94. The van der Waals surface area contributed by atoms with Gasteiger partial charge in [0.05, 0.1) is 0 Å². The maximum Gasteiger partial charge on any atom is 0.263 e. The van der Waals surface area contributed by atoms with Crippen molar-refractivity contribution >= 4 is 5.91 Å². The van der Waals surface area contributed by atoms with Crippen LogP contribution in [0.25, 0.3) is 0 Å². The second-order valence-corrected chi connectivity index (χ2v) is 6.30. The van der Waals surface area contributed by atoms with Crippen molar-refractivity contribution in [2.24, 2.45) is 0 Å². The molecule has 1 N–H and O–H groups in total.